The van der Waals surface area contributed by atoms with Crippen molar-refractivity contribution in [3.8, 4) is 0 Å². The minimum Gasteiger partial charge on any atom is -0.340 e. The summed E-state index contributed by atoms with van der Waals surface area (Å²) in [5, 5.41) is 3.81. The fourth-order valence-electron chi connectivity index (χ4n) is 3.94. The van der Waals surface area contributed by atoms with Gasteiger partial charge >= 0.3 is 6.18 Å². The lowest BCUT2D eigenvalue weighted by atomic mass is 10.1. The molecule has 1 fully saturated rings. The van der Waals surface area contributed by atoms with Gasteiger partial charge in [-0.2, -0.15) is 13.2 Å². The number of benzene rings is 2. The first-order chi connectivity index (χ1) is 14.8. The number of amides is 1. The number of likely N-dealkylation sites (tertiary alicyclic amines) is 1. The van der Waals surface area contributed by atoms with Gasteiger partial charge in [-0.15, -0.1) is 0 Å². The fraction of sp³-hybridized carbons (Fsp3) is 0.364. The van der Waals surface area contributed by atoms with Crippen LogP contribution >= 0.6 is 11.6 Å². The summed E-state index contributed by atoms with van der Waals surface area (Å²) in [5.41, 5.74) is 1.56. The van der Waals surface area contributed by atoms with Gasteiger partial charge in [0.1, 0.15) is 5.82 Å². The molecule has 1 unspecified atom stereocenters. The van der Waals surface area contributed by atoms with Crippen LogP contribution in [0.1, 0.15) is 36.2 Å². The average Bonchev–Trinajstić information content (AvgIpc) is 3.28. The third-order valence-electron chi connectivity index (χ3n) is 5.50. The van der Waals surface area contributed by atoms with Crippen LogP contribution in [0.25, 0.3) is 11.0 Å². The van der Waals surface area contributed by atoms with Crippen LogP contribution < -0.4 is 5.32 Å². The van der Waals surface area contributed by atoms with E-state index in [1.807, 2.05) is 11.0 Å². The van der Waals surface area contributed by atoms with Crippen molar-refractivity contribution in [2.24, 2.45) is 0 Å². The van der Waals surface area contributed by atoms with E-state index >= 15 is 0 Å². The highest BCUT2D eigenvalue weighted by atomic mass is 35.5. The maximum Gasteiger partial charge on any atom is 0.416 e. The molecule has 1 aliphatic heterocycles. The standard InChI is InChI=1S/C22H22ClF3N4O/c23-16-4-6-18-19(11-16)29-20(28-18)13-30-17(5-7-21(30)31)8-9-27-12-14-2-1-3-15(10-14)22(24,25)26/h1-4,6,10-11,17,27H,5,7-9,12-13H2,(H,28,29). The molecule has 1 aromatic heterocycles. The predicted octanol–water partition coefficient (Wildman–Crippen LogP) is 4.91. The molecular weight excluding hydrogens is 429 g/mol. The molecule has 0 spiro atoms. The Morgan fingerprint density at radius 3 is 2.87 bits per heavy atom. The van der Waals surface area contributed by atoms with Crippen LogP contribution in [0.2, 0.25) is 5.02 Å². The van der Waals surface area contributed by atoms with E-state index in [0.717, 1.165) is 36.0 Å². The van der Waals surface area contributed by atoms with E-state index in [1.165, 1.54) is 6.07 Å². The van der Waals surface area contributed by atoms with Crippen LogP contribution in [0.5, 0.6) is 0 Å². The van der Waals surface area contributed by atoms with E-state index < -0.39 is 11.7 Å². The molecule has 0 bridgehead atoms. The summed E-state index contributed by atoms with van der Waals surface area (Å²) in [4.78, 5) is 22.0. The zero-order chi connectivity index (χ0) is 22.0. The van der Waals surface area contributed by atoms with Gasteiger partial charge in [-0.1, -0.05) is 29.8 Å². The predicted molar refractivity (Wildman–Crippen MR) is 112 cm³/mol. The van der Waals surface area contributed by atoms with Gasteiger partial charge in [-0.05, 0) is 49.2 Å². The van der Waals surface area contributed by atoms with Crippen LogP contribution in [0, 0.1) is 0 Å². The second-order valence-corrected chi connectivity index (χ2v) is 8.16. The number of alkyl halides is 3. The number of aromatic amines is 1. The van der Waals surface area contributed by atoms with E-state index in [0.29, 0.717) is 42.5 Å². The molecule has 0 saturated carbocycles. The molecule has 1 atom stereocenters. The zero-order valence-electron chi connectivity index (χ0n) is 16.7. The van der Waals surface area contributed by atoms with Crippen molar-refractivity contribution >= 4 is 28.5 Å². The van der Waals surface area contributed by atoms with Crippen molar-refractivity contribution in [3.05, 3.63) is 64.4 Å². The number of halogens is 4. The van der Waals surface area contributed by atoms with Crippen molar-refractivity contribution in [3.63, 3.8) is 0 Å². The van der Waals surface area contributed by atoms with Gasteiger partial charge in [0.25, 0.3) is 0 Å². The van der Waals surface area contributed by atoms with Crippen molar-refractivity contribution in [1.82, 2.24) is 20.2 Å². The first-order valence-electron chi connectivity index (χ1n) is 10.1. The lowest BCUT2D eigenvalue weighted by Crippen LogP contribution is -2.35. The quantitative estimate of drug-likeness (QED) is 0.503. The number of imidazole rings is 1. The van der Waals surface area contributed by atoms with Crippen LogP contribution in [0.15, 0.2) is 42.5 Å². The molecule has 3 aromatic rings. The molecule has 31 heavy (non-hydrogen) atoms. The van der Waals surface area contributed by atoms with Gasteiger partial charge in [0.05, 0.1) is 23.1 Å². The smallest absolute Gasteiger partial charge is 0.340 e. The van der Waals surface area contributed by atoms with Gasteiger partial charge in [-0.25, -0.2) is 4.98 Å². The summed E-state index contributed by atoms with van der Waals surface area (Å²) in [7, 11) is 0. The minimum atomic E-state index is -4.34. The maximum absolute atomic E-state index is 12.8. The molecule has 2 N–H and O–H groups in total. The monoisotopic (exact) mass is 450 g/mol. The first-order valence-corrected chi connectivity index (χ1v) is 10.5. The summed E-state index contributed by atoms with van der Waals surface area (Å²) in [5.74, 6) is 0.788. The Hall–Kier alpha value is -2.58. The molecule has 1 amide bonds. The van der Waals surface area contributed by atoms with Crippen molar-refractivity contribution in [2.75, 3.05) is 6.54 Å². The van der Waals surface area contributed by atoms with Crippen molar-refractivity contribution < 1.29 is 18.0 Å². The van der Waals surface area contributed by atoms with Crippen molar-refractivity contribution in [2.45, 2.75) is 44.6 Å². The Morgan fingerprint density at radius 2 is 2.06 bits per heavy atom. The maximum atomic E-state index is 12.8. The topological polar surface area (TPSA) is 61.0 Å². The number of hydrogen-bond acceptors (Lipinski definition) is 3. The summed E-state index contributed by atoms with van der Waals surface area (Å²) < 4.78 is 38.5. The average molecular weight is 451 g/mol. The molecule has 9 heteroatoms. The molecule has 164 valence electrons. The van der Waals surface area contributed by atoms with E-state index in [1.54, 1.807) is 18.2 Å². The van der Waals surface area contributed by atoms with Gasteiger partial charge < -0.3 is 15.2 Å². The summed E-state index contributed by atoms with van der Waals surface area (Å²) in [6, 6.07) is 10.8. The second-order valence-electron chi connectivity index (χ2n) is 7.72. The number of H-pyrrole nitrogens is 1. The van der Waals surface area contributed by atoms with Crippen LogP contribution in [-0.2, 0) is 24.1 Å². The van der Waals surface area contributed by atoms with Crippen LogP contribution in [0.3, 0.4) is 0 Å². The number of hydrogen-bond donors (Lipinski definition) is 2. The number of carbonyl (C=O) groups is 1. The van der Waals surface area contributed by atoms with Gasteiger partial charge in [-0.3, -0.25) is 4.79 Å². The largest absolute Gasteiger partial charge is 0.416 e. The number of nitrogens with one attached hydrogen (secondary N) is 2. The van der Waals surface area contributed by atoms with Crippen LogP contribution in [-0.4, -0.2) is 33.4 Å². The normalized spacial score (nSPS) is 17.1. The molecule has 1 saturated heterocycles. The number of rotatable bonds is 7. The molecule has 5 nitrogen and oxygen atoms in total. The van der Waals surface area contributed by atoms with E-state index in [2.05, 4.69) is 15.3 Å². The number of nitrogens with zero attached hydrogens (tertiary/aromatic N) is 2. The molecule has 4 rings (SSSR count). The Labute approximate surface area is 182 Å². The van der Waals surface area contributed by atoms with Gasteiger partial charge in [0.15, 0.2) is 0 Å². The first kappa shape index (κ1) is 21.6. The third kappa shape index (κ3) is 5.19. The van der Waals surface area contributed by atoms with Crippen LogP contribution in [0.4, 0.5) is 13.2 Å². The summed E-state index contributed by atoms with van der Waals surface area (Å²) >= 11 is 6.02. The molecule has 1 aliphatic rings. The number of aromatic nitrogens is 2. The number of carbonyl (C=O) groups excluding carboxylic acids is 1. The van der Waals surface area contributed by atoms with Gasteiger partial charge in [0, 0.05) is 24.0 Å². The van der Waals surface area contributed by atoms with E-state index in [-0.39, 0.29) is 11.9 Å². The second kappa shape index (κ2) is 8.88. The highest BCUT2D eigenvalue weighted by Gasteiger charge is 2.31. The zero-order valence-corrected chi connectivity index (χ0v) is 17.4. The molecule has 0 radical (unpaired) electrons. The lowest BCUT2D eigenvalue weighted by molar-refractivity contribution is -0.137. The summed E-state index contributed by atoms with van der Waals surface area (Å²) in [6.07, 6.45) is -2.38. The lowest BCUT2D eigenvalue weighted by Gasteiger charge is -2.24. The van der Waals surface area contributed by atoms with E-state index in [9.17, 15) is 18.0 Å². The van der Waals surface area contributed by atoms with Gasteiger partial charge in [0.2, 0.25) is 5.91 Å². The Bertz CT molecular complexity index is 1080. The Morgan fingerprint density at radius 1 is 1.23 bits per heavy atom. The SMILES string of the molecule is O=C1CCC(CCNCc2cccc(C(F)(F)F)c2)N1Cc1nc2ccc(Cl)cc2[nH]1. The molecule has 2 heterocycles. The number of fused-ring (bicyclic) bond motifs is 1. The molecule has 2 aromatic carbocycles. The summed E-state index contributed by atoms with van der Waals surface area (Å²) in [6.45, 7) is 1.33. The third-order valence-corrected chi connectivity index (χ3v) is 5.74. The van der Waals surface area contributed by atoms with E-state index in [4.69, 9.17) is 11.6 Å². The highest BCUT2D eigenvalue weighted by molar-refractivity contribution is 6.31. The Balaban J connectivity index is 1.32. The fourth-order valence-corrected chi connectivity index (χ4v) is 4.11. The highest BCUT2D eigenvalue weighted by Crippen LogP contribution is 2.29. The molecule has 0 aliphatic carbocycles. The Kier molecular flexibility index (Phi) is 6.20. The van der Waals surface area contributed by atoms with Crippen molar-refractivity contribution in [1.29, 1.82) is 0 Å². The molecular formula is C22H22ClF3N4O. The minimum absolute atomic E-state index is 0.0679.